The highest BCUT2D eigenvalue weighted by Gasteiger charge is 2.34. The maximum Gasteiger partial charge on any atom is 0.224 e. The fraction of sp³-hybridized carbons (Fsp3) is 0.619. The Morgan fingerprint density at radius 3 is 2.45 bits per heavy atom. The average molecular weight is 419 g/mol. The van der Waals surface area contributed by atoms with Crippen LogP contribution in [0.1, 0.15) is 25.7 Å². The lowest BCUT2D eigenvalue weighted by Crippen LogP contribution is -2.44. The molecule has 1 aliphatic carbocycles. The number of likely N-dealkylation sites (N-methyl/N-ethyl adjacent to an activating group) is 1. The number of carbonyl (C=O) groups is 1. The standard InChI is InChI=1S/C21H30N4O3S/c1-24-12-14-25(15-13-24)18-6-8-19(9-7-18)29(27,28)16-17-4-2-3-5-20(17)21(26)23-11-10-22/h6-9,17,20H,2-5,11-16H2,1H3,(H,23,26). The fourth-order valence-electron chi connectivity index (χ4n) is 4.32. The Kier molecular flexibility index (Phi) is 7.14. The van der Waals surface area contributed by atoms with E-state index in [4.69, 9.17) is 5.26 Å². The summed E-state index contributed by atoms with van der Waals surface area (Å²) >= 11 is 0. The highest BCUT2D eigenvalue weighted by Crippen LogP contribution is 2.33. The number of sulfone groups is 1. The van der Waals surface area contributed by atoms with Gasteiger partial charge in [0.05, 0.1) is 16.7 Å². The molecule has 1 aliphatic heterocycles. The van der Waals surface area contributed by atoms with Gasteiger partial charge < -0.3 is 15.1 Å². The van der Waals surface area contributed by atoms with Crippen LogP contribution in [0.3, 0.4) is 0 Å². The van der Waals surface area contributed by atoms with Crippen molar-refractivity contribution in [1.29, 1.82) is 5.26 Å². The summed E-state index contributed by atoms with van der Waals surface area (Å²) in [5, 5.41) is 11.3. The molecule has 1 amide bonds. The number of carbonyl (C=O) groups excluding carboxylic acids is 1. The van der Waals surface area contributed by atoms with Gasteiger partial charge in [0.1, 0.15) is 6.54 Å². The molecule has 0 radical (unpaired) electrons. The summed E-state index contributed by atoms with van der Waals surface area (Å²) in [6.07, 6.45) is 3.26. The first kappa shape index (κ1) is 21.6. The predicted molar refractivity (Wildman–Crippen MR) is 112 cm³/mol. The van der Waals surface area contributed by atoms with Crippen molar-refractivity contribution < 1.29 is 13.2 Å². The van der Waals surface area contributed by atoms with Crippen LogP contribution in [-0.2, 0) is 14.6 Å². The van der Waals surface area contributed by atoms with Gasteiger partial charge in [-0.05, 0) is 50.1 Å². The molecule has 0 bridgehead atoms. The summed E-state index contributed by atoms with van der Waals surface area (Å²) in [6, 6.07) is 9.06. The number of amides is 1. The summed E-state index contributed by atoms with van der Waals surface area (Å²) in [6.45, 7) is 3.82. The number of nitriles is 1. The Bertz CT molecular complexity index is 840. The first-order valence-corrected chi connectivity index (χ1v) is 12.0. The lowest BCUT2D eigenvalue weighted by atomic mass is 9.80. The molecule has 0 aromatic heterocycles. The van der Waals surface area contributed by atoms with Crippen LogP contribution in [0.5, 0.6) is 0 Å². The van der Waals surface area contributed by atoms with Gasteiger partial charge in [0, 0.05) is 37.8 Å². The van der Waals surface area contributed by atoms with Gasteiger partial charge >= 0.3 is 0 Å². The molecular formula is C21H30N4O3S. The van der Waals surface area contributed by atoms with Crippen molar-refractivity contribution in [2.24, 2.45) is 11.8 Å². The smallest absolute Gasteiger partial charge is 0.224 e. The summed E-state index contributed by atoms with van der Waals surface area (Å²) < 4.78 is 26.0. The minimum absolute atomic E-state index is 0.0223. The van der Waals surface area contributed by atoms with Crippen LogP contribution >= 0.6 is 0 Å². The Morgan fingerprint density at radius 1 is 1.14 bits per heavy atom. The summed E-state index contributed by atoms with van der Waals surface area (Å²) in [4.78, 5) is 17.2. The minimum Gasteiger partial charge on any atom is -0.369 e. The van der Waals surface area contributed by atoms with Gasteiger partial charge in [-0.1, -0.05) is 12.8 Å². The van der Waals surface area contributed by atoms with E-state index in [1.165, 1.54) is 0 Å². The van der Waals surface area contributed by atoms with Crippen LogP contribution in [-0.4, -0.2) is 64.7 Å². The van der Waals surface area contributed by atoms with Gasteiger partial charge in [0.25, 0.3) is 0 Å². The third-order valence-electron chi connectivity index (χ3n) is 6.09. The van der Waals surface area contributed by atoms with E-state index in [0.717, 1.165) is 51.1 Å². The van der Waals surface area contributed by atoms with E-state index in [1.54, 1.807) is 12.1 Å². The lowest BCUT2D eigenvalue weighted by Gasteiger charge is -2.34. The van der Waals surface area contributed by atoms with Crippen LogP contribution in [0.2, 0.25) is 0 Å². The lowest BCUT2D eigenvalue weighted by molar-refractivity contribution is -0.127. The van der Waals surface area contributed by atoms with Crippen LogP contribution in [0.4, 0.5) is 5.69 Å². The number of piperazine rings is 1. The molecule has 2 aliphatic rings. The molecule has 0 spiro atoms. The monoisotopic (exact) mass is 418 g/mol. The maximum absolute atomic E-state index is 13.0. The first-order valence-electron chi connectivity index (χ1n) is 10.3. The van der Waals surface area contributed by atoms with Crippen molar-refractivity contribution in [3.63, 3.8) is 0 Å². The van der Waals surface area contributed by atoms with Gasteiger partial charge in [-0.25, -0.2) is 8.42 Å². The molecular weight excluding hydrogens is 388 g/mol. The van der Waals surface area contributed by atoms with E-state index in [9.17, 15) is 13.2 Å². The van der Waals surface area contributed by atoms with Gasteiger partial charge in [0.2, 0.25) is 5.91 Å². The van der Waals surface area contributed by atoms with E-state index in [1.807, 2.05) is 18.2 Å². The SMILES string of the molecule is CN1CCN(c2ccc(S(=O)(=O)CC3CCCCC3C(=O)NCC#N)cc2)CC1. The van der Waals surface area contributed by atoms with Crippen molar-refractivity contribution in [1.82, 2.24) is 10.2 Å². The fourth-order valence-corrected chi connectivity index (χ4v) is 6.02. The number of nitrogens with one attached hydrogen (secondary N) is 1. The molecule has 1 N–H and O–H groups in total. The molecule has 1 heterocycles. The van der Waals surface area contributed by atoms with Gasteiger partial charge in [-0.3, -0.25) is 4.79 Å². The molecule has 1 saturated carbocycles. The van der Waals surface area contributed by atoms with Gasteiger partial charge in [-0.15, -0.1) is 0 Å². The van der Waals surface area contributed by atoms with Crippen molar-refractivity contribution in [2.75, 3.05) is 50.4 Å². The van der Waals surface area contributed by atoms with E-state index in [-0.39, 0.29) is 30.0 Å². The second-order valence-electron chi connectivity index (χ2n) is 8.09. The van der Waals surface area contributed by atoms with Crippen LogP contribution < -0.4 is 10.2 Å². The molecule has 3 rings (SSSR count). The summed E-state index contributed by atoms with van der Waals surface area (Å²) in [5.74, 6) is -0.760. The van der Waals surface area contributed by atoms with Crippen molar-refractivity contribution in [2.45, 2.75) is 30.6 Å². The maximum atomic E-state index is 13.0. The average Bonchev–Trinajstić information content (AvgIpc) is 2.73. The highest BCUT2D eigenvalue weighted by atomic mass is 32.2. The molecule has 1 aromatic rings. The Morgan fingerprint density at radius 2 is 1.79 bits per heavy atom. The molecule has 7 nitrogen and oxygen atoms in total. The first-order chi connectivity index (χ1) is 13.9. The van der Waals surface area contributed by atoms with E-state index < -0.39 is 9.84 Å². The molecule has 29 heavy (non-hydrogen) atoms. The van der Waals surface area contributed by atoms with E-state index in [0.29, 0.717) is 11.3 Å². The Balaban J connectivity index is 1.68. The zero-order chi connectivity index (χ0) is 20.9. The van der Waals surface area contributed by atoms with Gasteiger partial charge in [0.15, 0.2) is 9.84 Å². The Hall–Kier alpha value is -2.11. The number of rotatable bonds is 6. The Labute approximate surface area is 173 Å². The number of nitrogens with zero attached hydrogens (tertiary/aromatic N) is 3. The summed E-state index contributed by atoms with van der Waals surface area (Å²) in [5.41, 5.74) is 1.04. The van der Waals surface area contributed by atoms with Gasteiger partial charge in [-0.2, -0.15) is 5.26 Å². The van der Waals surface area contributed by atoms with Crippen LogP contribution in [0.25, 0.3) is 0 Å². The zero-order valence-electron chi connectivity index (χ0n) is 17.0. The molecule has 158 valence electrons. The summed E-state index contributed by atoms with van der Waals surface area (Å²) in [7, 11) is -1.37. The third kappa shape index (κ3) is 5.49. The van der Waals surface area contributed by atoms with E-state index >= 15 is 0 Å². The molecule has 1 aromatic carbocycles. The second kappa shape index (κ2) is 9.59. The van der Waals surface area contributed by atoms with Crippen LogP contribution in [0.15, 0.2) is 29.2 Å². The van der Waals surface area contributed by atoms with Crippen molar-refractivity contribution >= 4 is 21.4 Å². The largest absolute Gasteiger partial charge is 0.369 e. The second-order valence-corrected chi connectivity index (χ2v) is 10.1. The number of benzene rings is 1. The molecule has 1 saturated heterocycles. The van der Waals surface area contributed by atoms with E-state index in [2.05, 4.69) is 22.2 Å². The van der Waals surface area contributed by atoms with Crippen LogP contribution in [0, 0.1) is 23.2 Å². The number of anilines is 1. The van der Waals surface area contributed by atoms with Crippen molar-refractivity contribution in [3.05, 3.63) is 24.3 Å². The number of hydrogen-bond acceptors (Lipinski definition) is 6. The predicted octanol–water partition coefficient (Wildman–Crippen LogP) is 1.66. The number of hydrogen-bond donors (Lipinski definition) is 1. The molecule has 2 atom stereocenters. The van der Waals surface area contributed by atoms with Crippen molar-refractivity contribution in [3.8, 4) is 6.07 Å². The minimum atomic E-state index is -3.47. The third-order valence-corrected chi connectivity index (χ3v) is 7.94. The normalized spacial score (nSPS) is 23.4. The quantitative estimate of drug-likeness (QED) is 0.706. The highest BCUT2D eigenvalue weighted by molar-refractivity contribution is 7.91. The zero-order valence-corrected chi connectivity index (χ0v) is 17.8. The molecule has 2 fully saturated rings. The topological polar surface area (TPSA) is 93.5 Å². The molecule has 2 unspecified atom stereocenters. The molecule has 8 heteroatoms.